The third-order valence-electron chi connectivity index (χ3n) is 16.9. The van der Waals surface area contributed by atoms with E-state index in [0.29, 0.717) is 11.6 Å². The lowest BCUT2D eigenvalue weighted by Crippen LogP contribution is -2.27. The average Bonchev–Trinajstić information content (AvgIpc) is 1.90. The van der Waals surface area contributed by atoms with Crippen molar-refractivity contribution in [2.45, 2.75) is 11.8 Å². The van der Waals surface area contributed by atoms with Gasteiger partial charge in [0.25, 0.3) is 0 Å². The molecule has 0 saturated carbocycles. The molecule has 0 radical (unpaired) electrons. The van der Waals surface area contributed by atoms with Crippen LogP contribution in [0.3, 0.4) is 0 Å². The van der Waals surface area contributed by atoms with E-state index in [0.717, 1.165) is 111 Å². The maximum absolute atomic E-state index is 5.44. The van der Waals surface area contributed by atoms with Crippen molar-refractivity contribution in [3.63, 3.8) is 0 Å². The monoisotopic (exact) mass is 1050 g/mol. The van der Waals surface area contributed by atoms with Crippen LogP contribution >= 0.6 is 0 Å². The number of aromatic nitrogens is 8. The van der Waals surface area contributed by atoms with Crippen LogP contribution in [-0.2, 0) is 0 Å². The summed E-state index contributed by atoms with van der Waals surface area (Å²) in [6.07, 6.45) is 7.68. The smallest absolute Gasteiger partial charge is 0.160 e. The molecule has 382 valence electrons. The molecule has 82 heavy (non-hydrogen) atoms. The first kappa shape index (κ1) is 46.0. The molecule has 0 spiro atoms. The van der Waals surface area contributed by atoms with E-state index in [1.165, 1.54) is 33.4 Å². The summed E-state index contributed by atoms with van der Waals surface area (Å²) in [7, 11) is 0. The average molecular weight is 1050 g/mol. The van der Waals surface area contributed by atoms with Crippen molar-refractivity contribution in [1.82, 2.24) is 39.0 Å². The van der Waals surface area contributed by atoms with E-state index >= 15 is 0 Å². The van der Waals surface area contributed by atoms with Crippen molar-refractivity contribution in [3.05, 3.63) is 301 Å². The molecular formula is C74H46N8. The molecule has 2 atom stereocenters. The van der Waals surface area contributed by atoms with Crippen LogP contribution in [0.15, 0.2) is 267 Å². The molecule has 6 aromatic heterocycles. The molecule has 0 saturated heterocycles. The van der Waals surface area contributed by atoms with Crippen LogP contribution in [0.1, 0.15) is 45.2 Å². The summed E-state index contributed by atoms with van der Waals surface area (Å²) in [5.74, 6) is 1.37. The van der Waals surface area contributed by atoms with Crippen LogP contribution in [0.4, 0.5) is 0 Å². The van der Waals surface area contributed by atoms with Gasteiger partial charge in [0, 0.05) is 103 Å². The van der Waals surface area contributed by atoms with E-state index in [4.69, 9.17) is 19.9 Å². The highest BCUT2D eigenvalue weighted by molar-refractivity contribution is 6.11. The zero-order valence-corrected chi connectivity index (χ0v) is 44.1. The van der Waals surface area contributed by atoms with Gasteiger partial charge < -0.3 is 9.13 Å². The van der Waals surface area contributed by atoms with Crippen LogP contribution in [-0.4, -0.2) is 39.0 Å². The normalized spacial score (nSPS) is 14.1. The summed E-state index contributed by atoms with van der Waals surface area (Å²) in [4.78, 5) is 30.8. The van der Waals surface area contributed by atoms with Gasteiger partial charge in [0.05, 0.1) is 44.8 Å². The molecule has 2 bridgehead atoms. The summed E-state index contributed by atoms with van der Waals surface area (Å²) in [5, 5.41) is 4.41. The quantitative estimate of drug-likeness (QED) is 0.151. The number of fused-ring (bicyclic) bond motifs is 6. The molecular weight excluding hydrogens is 1000 g/mol. The molecule has 0 fully saturated rings. The number of para-hydroxylation sites is 2. The van der Waals surface area contributed by atoms with Crippen LogP contribution in [0.25, 0.3) is 123 Å². The predicted molar refractivity (Wildman–Crippen MR) is 329 cm³/mol. The molecule has 6 heterocycles. The Morgan fingerprint density at radius 3 is 1.04 bits per heavy atom. The Labute approximate surface area is 472 Å². The molecule has 3 aliphatic carbocycles. The second kappa shape index (κ2) is 18.3. The maximum atomic E-state index is 5.44. The van der Waals surface area contributed by atoms with E-state index in [1.807, 2.05) is 36.9 Å². The van der Waals surface area contributed by atoms with Gasteiger partial charge in [0.1, 0.15) is 0 Å². The predicted octanol–water partition coefficient (Wildman–Crippen LogP) is 17.2. The topological polar surface area (TPSA) is 87.2 Å². The van der Waals surface area contributed by atoms with Crippen molar-refractivity contribution in [2.75, 3.05) is 0 Å². The Hall–Kier alpha value is -11.0. The van der Waals surface area contributed by atoms with Crippen molar-refractivity contribution in [2.24, 2.45) is 0 Å². The molecule has 8 nitrogen and oxygen atoms in total. The fourth-order valence-corrected chi connectivity index (χ4v) is 13.2. The van der Waals surface area contributed by atoms with Crippen molar-refractivity contribution in [1.29, 1.82) is 0 Å². The lowest BCUT2D eigenvalue weighted by Gasteiger charge is -2.42. The van der Waals surface area contributed by atoms with Crippen LogP contribution in [0, 0.1) is 0 Å². The molecule has 0 N–H and O–H groups in total. The van der Waals surface area contributed by atoms with Crippen LogP contribution in [0.5, 0.6) is 0 Å². The second-order valence-electron chi connectivity index (χ2n) is 21.4. The van der Waals surface area contributed by atoms with Gasteiger partial charge in [0.15, 0.2) is 11.6 Å². The lowest BCUT2D eigenvalue weighted by molar-refractivity contribution is 0.754. The number of hydrogen-bond donors (Lipinski definition) is 0. The number of rotatable bonds is 8. The highest BCUT2D eigenvalue weighted by Gasteiger charge is 2.41. The third kappa shape index (κ3) is 7.24. The van der Waals surface area contributed by atoms with E-state index in [2.05, 4.69) is 250 Å². The van der Waals surface area contributed by atoms with Gasteiger partial charge in [0.2, 0.25) is 0 Å². The molecule has 8 heteroatoms. The molecule has 18 rings (SSSR count). The van der Waals surface area contributed by atoms with Crippen molar-refractivity contribution < 1.29 is 0 Å². The molecule has 0 aliphatic heterocycles. The highest BCUT2D eigenvalue weighted by Crippen LogP contribution is 2.57. The standard InChI is InChI=1S/C74H46N8/c1-5-15-45(16-6-1)63-41-65(47-27-31-67-57(37-47)61-43-75-35-33-69(61)81(67)51-19-9-3-10-20-51)79-73(77-63)49-25-29-55-59(39-49)71-53-23-13-14-24-54(53)72(55)60-40-50(26-30-56(60)71)74-78-64(46-17-7-2-8-18-46)42-66(80-74)48-28-32-68-58(38-48)62-44-76-36-34-70(62)82(68)52-21-11-4-12-22-52/h1-44,71-72H. The first-order valence-corrected chi connectivity index (χ1v) is 27.8. The number of benzene rings is 9. The third-order valence-corrected chi connectivity index (χ3v) is 16.9. The van der Waals surface area contributed by atoms with Gasteiger partial charge in [-0.05, 0) is 118 Å². The summed E-state index contributed by atoms with van der Waals surface area (Å²) >= 11 is 0. The first-order valence-electron chi connectivity index (χ1n) is 27.8. The first-order chi connectivity index (χ1) is 40.6. The zero-order valence-electron chi connectivity index (χ0n) is 44.1. The SMILES string of the molecule is c1ccc(-c2cc(-c3ccc4c(c3)c3cnccc3n4-c3ccccc3)nc(-c3ccc4c(c3)C3c5ccccc5C4c4cc(-c5nc(-c6ccccc6)cc(-c6ccc7c(c6)c6cnccc6n7-c6ccccc6)n5)ccc43)n2)cc1. The van der Waals surface area contributed by atoms with Gasteiger partial charge in [-0.15, -0.1) is 0 Å². The lowest BCUT2D eigenvalue weighted by atomic mass is 9.61. The fourth-order valence-electron chi connectivity index (χ4n) is 13.2. The zero-order chi connectivity index (χ0) is 53.8. The number of nitrogens with zero attached hydrogens (tertiary/aromatic N) is 8. The molecule has 15 aromatic rings. The van der Waals surface area contributed by atoms with Gasteiger partial charge in [-0.3, -0.25) is 9.97 Å². The Bertz CT molecular complexity index is 4730. The van der Waals surface area contributed by atoms with Gasteiger partial charge >= 0.3 is 0 Å². The molecule has 2 unspecified atom stereocenters. The van der Waals surface area contributed by atoms with Gasteiger partial charge in [-0.25, -0.2) is 19.9 Å². The van der Waals surface area contributed by atoms with E-state index in [-0.39, 0.29) is 11.8 Å². The minimum absolute atomic E-state index is 0.00120. The molecule has 0 amide bonds. The summed E-state index contributed by atoms with van der Waals surface area (Å²) in [5.41, 5.74) is 23.9. The largest absolute Gasteiger partial charge is 0.309 e. The minimum atomic E-state index is 0.00120. The highest BCUT2D eigenvalue weighted by atomic mass is 15.0. The van der Waals surface area contributed by atoms with Crippen molar-refractivity contribution in [3.8, 4) is 79.2 Å². The van der Waals surface area contributed by atoms with E-state index in [9.17, 15) is 0 Å². The fraction of sp³-hybridized carbons (Fsp3) is 0.0270. The summed E-state index contributed by atoms with van der Waals surface area (Å²) in [6.45, 7) is 0. The Morgan fingerprint density at radius 1 is 0.256 bits per heavy atom. The van der Waals surface area contributed by atoms with Gasteiger partial charge in [-0.1, -0.05) is 158 Å². The Kier molecular flexibility index (Phi) is 10.3. The molecule has 3 aliphatic rings. The summed E-state index contributed by atoms with van der Waals surface area (Å²) in [6, 6.07) is 86.5. The van der Waals surface area contributed by atoms with E-state index in [1.54, 1.807) is 0 Å². The van der Waals surface area contributed by atoms with Crippen molar-refractivity contribution >= 4 is 43.6 Å². The minimum Gasteiger partial charge on any atom is -0.309 e. The number of hydrogen-bond acceptors (Lipinski definition) is 6. The van der Waals surface area contributed by atoms with Crippen LogP contribution < -0.4 is 0 Å². The van der Waals surface area contributed by atoms with Crippen LogP contribution in [0.2, 0.25) is 0 Å². The molecule has 9 aromatic carbocycles. The summed E-state index contributed by atoms with van der Waals surface area (Å²) < 4.78 is 4.63. The second-order valence-corrected chi connectivity index (χ2v) is 21.4. The Morgan fingerprint density at radius 2 is 0.610 bits per heavy atom. The Balaban J connectivity index is 0.783. The maximum Gasteiger partial charge on any atom is 0.160 e. The van der Waals surface area contributed by atoms with E-state index < -0.39 is 0 Å². The number of pyridine rings is 2. The van der Waals surface area contributed by atoms with Gasteiger partial charge in [-0.2, -0.15) is 0 Å².